The zero-order chi connectivity index (χ0) is 11.8. The molecule has 0 aromatic heterocycles. The molecule has 1 aliphatic rings. The number of hydrogen-bond acceptors (Lipinski definition) is 4. The number of rotatable bonds is 2. The molecule has 0 bridgehead atoms. The van der Waals surface area contributed by atoms with Crippen molar-refractivity contribution in [3.63, 3.8) is 0 Å². The Bertz CT molecular complexity index is 557. The fourth-order valence-corrected chi connectivity index (χ4v) is 5.66. The molecule has 0 radical (unpaired) electrons. The summed E-state index contributed by atoms with van der Waals surface area (Å²) in [6.07, 6.45) is 1.43. The fraction of sp³-hybridized carbons (Fsp3) is 0. The summed E-state index contributed by atoms with van der Waals surface area (Å²) in [6, 6.07) is 5.32. The van der Waals surface area contributed by atoms with Gasteiger partial charge in [-0.3, -0.25) is 0 Å². The van der Waals surface area contributed by atoms with Crippen LogP contribution in [0.2, 0.25) is 0 Å². The van der Waals surface area contributed by atoms with E-state index in [1.165, 1.54) is 35.3 Å². The number of phenols is 1. The Morgan fingerprint density at radius 2 is 1.75 bits per heavy atom. The molecular weight excluding hydrogens is 295 g/mol. The van der Waals surface area contributed by atoms with Gasteiger partial charge in [0.25, 0.3) is 0 Å². The fourth-order valence-electron chi connectivity index (χ4n) is 1.29. The summed E-state index contributed by atoms with van der Waals surface area (Å²) < 4.78 is 33.3. The molecule has 0 spiro atoms. The van der Waals surface area contributed by atoms with Gasteiger partial charge in [0.05, 0.1) is 0 Å². The van der Waals surface area contributed by atoms with Crippen molar-refractivity contribution in [2.24, 2.45) is 0 Å². The molecule has 0 aliphatic carbocycles. The minimum absolute atomic E-state index is 0.0183. The van der Waals surface area contributed by atoms with Gasteiger partial charge in [-0.15, -0.1) is 0 Å². The molecule has 0 saturated heterocycles. The molecule has 1 aliphatic heterocycles. The van der Waals surface area contributed by atoms with Gasteiger partial charge in [0, 0.05) is 0 Å². The first kappa shape index (κ1) is 11.4. The van der Waals surface area contributed by atoms with E-state index in [-0.39, 0.29) is 15.6 Å². The summed E-state index contributed by atoms with van der Waals surface area (Å²) in [6.45, 7) is 0. The van der Waals surface area contributed by atoms with Crippen molar-refractivity contribution in [3.05, 3.63) is 45.2 Å². The van der Waals surface area contributed by atoms with Gasteiger partial charge in [-0.25, -0.2) is 0 Å². The topological polar surface area (TPSA) is 74.6 Å². The molecule has 1 aromatic carbocycles. The Morgan fingerprint density at radius 3 is 2.25 bits per heavy atom. The summed E-state index contributed by atoms with van der Waals surface area (Å²) in [5, 5.41) is 9.07. The van der Waals surface area contributed by atoms with Crippen LogP contribution in [0.4, 0.5) is 0 Å². The number of allylic oxidation sites excluding steroid dienone is 1. The molecule has 0 saturated carbocycles. The van der Waals surface area contributed by atoms with Crippen LogP contribution in [0.25, 0.3) is 0 Å². The second-order valence-corrected chi connectivity index (χ2v) is 7.94. The zero-order valence-electron chi connectivity index (χ0n) is 8.11. The predicted octanol–water partition coefficient (Wildman–Crippen LogP) is 0.414. The maximum atomic E-state index is 12.0. The second kappa shape index (κ2) is 4.07. The van der Waals surface area contributed by atoms with Crippen LogP contribution in [0.3, 0.4) is 0 Å². The van der Waals surface area contributed by atoms with Crippen LogP contribution in [0.15, 0.2) is 50.1 Å². The first-order valence-corrected chi connectivity index (χ1v) is 8.90. The monoisotopic (exact) mass is 306 g/mol. The summed E-state index contributed by atoms with van der Waals surface area (Å²) in [5.74, 6) is 0.0183. The molecule has 0 fully saturated rings. The molecular formula is C10H10O4SSe. The van der Waals surface area contributed by atoms with E-state index in [1.54, 1.807) is 4.97 Å². The Labute approximate surface area is 97.7 Å². The summed E-state index contributed by atoms with van der Waals surface area (Å²) in [7, 11) is -3.55. The Kier molecular flexibility index (Phi) is 2.90. The number of hydrogen-bond donors (Lipinski definition) is 2. The third-order valence-electron chi connectivity index (χ3n) is 2.11. The third kappa shape index (κ3) is 2.05. The van der Waals surface area contributed by atoms with Crippen LogP contribution in [0, 0.1) is 0 Å². The van der Waals surface area contributed by atoms with Crippen LogP contribution >= 0.6 is 0 Å². The minimum atomic E-state index is -3.55. The van der Waals surface area contributed by atoms with Gasteiger partial charge in [0.15, 0.2) is 0 Å². The molecule has 1 heterocycles. The van der Waals surface area contributed by atoms with Crippen LogP contribution in [0.5, 0.6) is 5.75 Å². The van der Waals surface area contributed by atoms with E-state index >= 15 is 0 Å². The van der Waals surface area contributed by atoms with Crippen LogP contribution in [-0.4, -0.2) is 31.9 Å². The molecule has 2 N–H and O–H groups in total. The molecule has 4 nitrogen and oxygen atoms in total. The van der Waals surface area contributed by atoms with E-state index in [9.17, 15) is 12.6 Å². The summed E-state index contributed by atoms with van der Waals surface area (Å²) >= 11 is -2.17. The average Bonchev–Trinajstić information content (AvgIpc) is 2.66. The average molecular weight is 305 g/mol. The third-order valence-corrected chi connectivity index (χ3v) is 6.35. The first-order chi connectivity index (χ1) is 7.50. The number of benzene rings is 1. The molecule has 1 aromatic rings. The molecule has 1 atom stereocenters. The molecule has 1 unspecified atom stereocenters. The second-order valence-electron chi connectivity index (χ2n) is 3.22. The van der Waals surface area contributed by atoms with Crippen molar-refractivity contribution in [2.45, 2.75) is 4.90 Å². The van der Waals surface area contributed by atoms with Crippen molar-refractivity contribution in [2.75, 3.05) is 0 Å². The van der Waals surface area contributed by atoms with Crippen LogP contribution in [-0.2, 0) is 9.84 Å². The van der Waals surface area contributed by atoms with E-state index in [1.807, 2.05) is 0 Å². The molecule has 0 amide bonds. The number of phenolic OH excluding ortho intramolecular Hbond substituents is 1. The van der Waals surface area contributed by atoms with Crippen molar-refractivity contribution in [1.82, 2.24) is 0 Å². The van der Waals surface area contributed by atoms with Gasteiger partial charge in [0.1, 0.15) is 0 Å². The van der Waals surface area contributed by atoms with Crippen LogP contribution in [0.1, 0.15) is 0 Å². The van der Waals surface area contributed by atoms with Gasteiger partial charge in [-0.05, 0) is 0 Å². The SMILES string of the molecule is O=S(=O)(C1=C[SeH](O)C=C1)c1ccc(O)cc1. The molecule has 6 heteroatoms. The van der Waals surface area contributed by atoms with Crippen molar-refractivity contribution >= 4 is 24.1 Å². The van der Waals surface area contributed by atoms with Crippen LogP contribution < -0.4 is 0 Å². The van der Waals surface area contributed by atoms with Gasteiger partial charge in [0.2, 0.25) is 0 Å². The predicted molar refractivity (Wildman–Crippen MR) is 61.9 cm³/mol. The number of sulfone groups is 1. The van der Waals surface area contributed by atoms with E-state index in [2.05, 4.69) is 0 Å². The van der Waals surface area contributed by atoms with Crippen molar-refractivity contribution in [1.29, 1.82) is 0 Å². The van der Waals surface area contributed by atoms with Crippen molar-refractivity contribution in [3.8, 4) is 5.75 Å². The summed E-state index contributed by atoms with van der Waals surface area (Å²) in [4.78, 5) is 3.21. The van der Waals surface area contributed by atoms with Gasteiger partial charge < -0.3 is 0 Å². The van der Waals surface area contributed by atoms with Gasteiger partial charge >= 0.3 is 97.6 Å². The van der Waals surface area contributed by atoms with E-state index in [4.69, 9.17) is 5.11 Å². The normalized spacial score (nSPS) is 22.1. The Balaban J connectivity index is 2.44. The number of aromatic hydroxyl groups is 1. The van der Waals surface area contributed by atoms with Gasteiger partial charge in [-0.1, -0.05) is 0 Å². The summed E-state index contributed by atoms with van der Waals surface area (Å²) in [5.41, 5.74) is 0. The molecule has 2 rings (SSSR count). The van der Waals surface area contributed by atoms with Crippen molar-refractivity contribution < 1.29 is 17.7 Å². The van der Waals surface area contributed by atoms with Gasteiger partial charge in [-0.2, -0.15) is 0 Å². The quantitative estimate of drug-likeness (QED) is 0.776. The maximum absolute atomic E-state index is 12.0. The molecule has 86 valence electrons. The standard InChI is InChI=1S/C10H10O4SSe/c11-8-1-3-9(4-2-8)15(12,13)10-5-6-16(14)7-10/h1-7,11,14,16H. The van der Waals surface area contributed by atoms with E-state index in [0.29, 0.717) is 0 Å². The Hall–Kier alpha value is -1.07. The Morgan fingerprint density at radius 1 is 1.12 bits per heavy atom. The van der Waals surface area contributed by atoms with E-state index < -0.39 is 24.1 Å². The van der Waals surface area contributed by atoms with E-state index in [0.717, 1.165) is 0 Å². The zero-order valence-corrected chi connectivity index (χ0v) is 10.8. The first-order valence-electron chi connectivity index (χ1n) is 4.41. The molecule has 16 heavy (non-hydrogen) atoms.